The highest BCUT2D eigenvalue weighted by Gasteiger charge is 2.16. The van der Waals surface area contributed by atoms with Gasteiger partial charge in [-0.3, -0.25) is 9.59 Å². The standard InChI is InChI=1S/C16H22Cl2N2O2/c1-3-5-6-11(4-2)10-19-15(21)16(22)20-14-8-7-12(17)9-13(14)18/h7-9,11H,3-6,10H2,1-2H3,(H,19,21)(H,20,22)/t11-/m1/s1. The average Bonchev–Trinajstić information content (AvgIpc) is 2.49. The predicted molar refractivity (Wildman–Crippen MR) is 91.4 cm³/mol. The maximum Gasteiger partial charge on any atom is 0.313 e. The smallest absolute Gasteiger partial charge is 0.313 e. The number of nitrogens with one attached hydrogen (secondary N) is 2. The molecule has 2 amide bonds. The first kappa shape index (κ1) is 18.8. The molecule has 1 atom stereocenters. The van der Waals surface area contributed by atoms with E-state index in [2.05, 4.69) is 24.5 Å². The molecule has 0 unspecified atom stereocenters. The van der Waals surface area contributed by atoms with Crippen LogP contribution < -0.4 is 10.6 Å². The largest absolute Gasteiger partial charge is 0.348 e. The normalized spacial score (nSPS) is 11.8. The Kier molecular flexibility index (Phi) is 8.28. The third-order valence-electron chi connectivity index (χ3n) is 3.48. The molecule has 1 aromatic rings. The van der Waals surface area contributed by atoms with Crippen LogP contribution in [0.1, 0.15) is 39.5 Å². The van der Waals surface area contributed by atoms with Gasteiger partial charge in [0.1, 0.15) is 0 Å². The summed E-state index contributed by atoms with van der Waals surface area (Å²) in [6.07, 6.45) is 4.28. The number of rotatable bonds is 7. The summed E-state index contributed by atoms with van der Waals surface area (Å²) in [6, 6.07) is 4.67. The molecule has 0 radical (unpaired) electrons. The van der Waals surface area contributed by atoms with Crippen LogP contribution in [0.2, 0.25) is 10.0 Å². The van der Waals surface area contributed by atoms with Crippen molar-refractivity contribution in [3.63, 3.8) is 0 Å². The van der Waals surface area contributed by atoms with Crippen LogP contribution in [0.5, 0.6) is 0 Å². The van der Waals surface area contributed by atoms with Gasteiger partial charge in [0.2, 0.25) is 0 Å². The van der Waals surface area contributed by atoms with E-state index < -0.39 is 11.8 Å². The van der Waals surface area contributed by atoms with Gasteiger partial charge in [0.05, 0.1) is 10.7 Å². The minimum atomic E-state index is -0.727. The first-order chi connectivity index (χ1) is 10.5. The molecule has 0 aliphatic heterocycles. The van der Waals surface area contributed by atoms with Crippen molar-refractivity contribution in [2.24, 2.45) is 5.92 Å². The molecule has 4 nitrogen and oxygen atoms in total. The Morgan fingerprint density at radius 3 is 2.50 bits per heavy atom. The summed E-state index contributed by atoms with van der Waals surface area (Å²) in [5.74, 6) is -0.980. The van der Waals surface area contributed by atoms with Crippen LogP contribution in [0.25, 0.3) is 0 Å². The minimum Gasteiger partial charge on any atom is -0.348 e. The number of carbonyl (C=O) groups excluding carboxylic acids is 2. The molecule has 22 heavy (non-hydrogen) atoms. The van der Waals surface area contributed by atoms with E-state index in [1.807, 2.05) is 0 Å². The number of halogens is 2. The van der Waals surface area contributed by atoms with Gasteiger partial charge in [-0.25, -0.2) is 0 Å². The van der Waals surface area contributed by atoms with Crippen LogP contribution in [-0.2, 0) is 9.59 Å². The number of unbranched alkanes of at least 4 members (excludes halogenated alkanes) is 1. The minimum absolute atomic E-state index is 0.294. The number of anilines is 1. The van der Waals surface area contributed by atoms with Crippen molar-refractivity contribution in [1.82, 2.24) is 5.32 Å². The second kappa shape index (κ2) is 9.70. The predicted octanol–water partition coefficient (Wildman–Crippen LogP) is 4.26. The highest BCUT2D eigenvalue weighted by Crippen LogP contribution is 2.25. The van der Waals surface area contributed by atoms with Gasteiger partial charge in [-0.15, -0.1) is 0 Å². The molecular weight excluding hydrogens is 323 g/mol. The zero-order chi connectivity index (χ0) is 16.5. The van der Waals surface area contributed by atoms with E-state index in [-0.39, 0.29) is 0 Å². The lowest BCUT2D eigenvalue weighted by Gasteiger charge is -2.15. The number of amides is 2. The third-order valence-corrected chi connectivity index (χ3v) is 4.03. The molecule has 0 saturated heterocycles. The van der Waals surface area contributed by atoms with E-state index in [0.717, 1.165) is 25.7 Å². The van der Waals surface area contributed by atoms with Gasteiger partial charge in [0.15, 0.2) is 0 Å². The van der Waals surface area contributed by atoms with E-state index >= 15 is 0 Å². The van der Waals surface area contributed by atoms with Crippen molar-refractivity contribution in [2.45, 2.75) is 39.5 Å². The number of benzene rings is 1. The third kappa shape index (κ3) is 6.24. The van der Waals surface area contributed by atoms with Gasteiger partial charge in [0, 0.05) is 11.6 Å². The summed E-state index contributed by atoms with van der Waals surface area (Å²) in [5, 5.41) is 5.92. The maximum atomic E-state index is 11.8. The summed E-state index contributed by atoms with van der Waals surface area (Å²) in [5.41, 5.74) is 0.365. The molecular formula is C16H22Cl2N2O2. The molecule has 0 aliphatic rings. The number of hydrogen-bond donors (Lipinski definition) is 2. The van der Waals surface area contributed by atoms with Gasteiger partial charge in [-0.05, 0) is 30.5 Å². The van der Waals surface area contributed by atoms with Crippen molar-refractivity contribution in [3.05, 3.63) is 28.2 Å². The van der Waals surface area contributed by atoms with Crippen molar-refractivity contribution in [3.8, 4) is 0 Å². The summed E-state index contributed by atoms with van der Waals surface area (Å²) in [4.78, 5) is 23.7. The van der Waals surface area contributed by atoms with Crippen LogP contribution >= 0.6 is 23.2 Å². The second-order valence-electron chi connectivity index (χ2n) is 5.20. The van der Waals surface area contributed by atoms with E-state index in [0.29, 0.717) is 28.2 Å². The van der Waals surface area contributed by atoms with Gasteiger partial charge < -0.3 is 10.6 Å². The molecule has 0 spiro atoms. The Morgan fingerprint density at radius 1 is 1.18 bits per heavy atom. The Hall–Kier alpha value is -1.26. The molecule has 0 heterocycles. The first-order valence-electron chi connectivity index (χ1n) is 7.52. The summed E-state index contributed by atoms with van der Waals surface area (Å²) >= 11 is 11.7. The molecule has 0 bridgehead atoms. The average molecular weight is 345 g/mol. The lowest BCUT2D eigenvalue weighted by atomic mass is 9.99. The topological polar surface area (TPSA) is 58.2 Å². The van der Waals surface area contributed by atoms with Gasteiger partial charge in [0.25, 0.3) is 0 Å². The Balaban J connectivity index is 2.49. The van der Waals surface area contributed by atoms with E-state index in [1.165, 1.54) is 6.07 Å². The Bertz CT molecular complexity index is 521. The van der Waals surface area contributed by atoms with Crippen molar-refractivity contribution in [1.29, 1.82) is 0 Å². The van der Waals surface area contributed by atoms with Crippen LogP contribution in [0.3, 0.4) is 0 Å². The highest BCUT2D eigenvalue weighted by molar-refractivity contribution is 6.42. The summed E-state index contributed by atoms with van der Waals surface area (Å²) in [6.45, 7) is 4.73. The van der Waals surface area contributed by atoms with Crippen LogP contribution in [0.15, 0.2) is 18.2 Å². The lowest BCUT2D eigenvalue weighted by molar-refractivity contribution is -0.136. The van der Waals surface area contributed by atoms with Crippen LogP contribution in [0, 0.1) is 5.92 Å². The lowest BCUT2D eigenvalue weighted by Crippen LogP contribution is -2.38. The van der Waals surface area contributed by atoms with E-state index in [9.17, 15) is 9.59 Å². The SMILES string of the molecule is CCCC[C@@H](CC)CNC(=O)C(=O)Nc1ccc(Cl)cc1Cl. The van der Waals surface area contributed by atoms with Gasteiger partial charge >= 0.3 is 11.8 Å². The fourth-order valence-electron chi connectivity index (χ4n) is 2.03. The molecule has 1 rings (SSSR count). The van der Waals surface area contributed by atoms with Crippen molar-refractivity contribution >= 4 is 40.7 Å². The summed E-state index contributed by atoms with van der Waals surface area (Å²) < 4.78 is 0. The highest BCUT2D eigenvalue weighted by atomic mass is 35.5. The van der Waals surface area contributed by atoms with Crippen LogP contribution in [-0.4, -0.2) is 18.4 Å². The Labute approximate surface area is 141 Å². The molecule has 0 fully saturated rings. The monoisotopic (exact) mass is 344 g/mol. The van der Waals surface area contributed by atoms with Crippen LogP contribution in [0.4, 0.5) is 5.69 Å². The van der Waals surface area contributed by atoms with Gasteiger partial charge in [-0.1, -0.05) is 56.3 Å². The fourth-order valence-corrected chi connectivity index (χ4v) is 2.49. The maximum absolute atomic E-state index is 11.8. The van der Waals surface area contributed by atoms with Gasteiger partial charge in [-0.2, -0.15) is 0 Å². The van der Waals surface area contributed by atoms with E-state index in [4.69, 9.17) is 23.2 Å². The molecule has 2 N–H and O–H groups in total. The molecule has 6 heteroatoms. The number of hydrogen-bond acceptors (Lipinski definition) is 2. The second-order valence-corrected chi connectivity index (χ2v) is 6.05. The van der Waals surface area contributed by atoms with Crippen molar-refractivity contribution in [2.75, 3.05) is 11.9 Å². The molecule has 0 aromatic heterocycles. The van der Waals surface area contributed by atoms with E-state index in [1.54, 1.807) is 12.1 Å². The number of carbonyl (C=O) groups is 2. The fraction of sp³-hybridized carbons (Fsp3) is 0.500. The molecule has 0 aliphatic carbocycles. The Morgan fingerprint density at radius 2 is 1.91 bits per heavy atom. The summed E-state index contributed by atoms with van der Waals surface area (Å²) in [7, 11) is 0. The first-order valence-corrected chi connectivity index (χ1v) is 8.27. The quantitative estimate of drug-likeness (QED) is 0.725. The zero-order valence-electron chi connectivity index (χ0n) is 12.9. The van der Waals surface area contributed by atoms with Crippen molar-refractivity contribution < 1.29 is 9.59 Å². The molecule has 1 aromatic carbocycles. The molecule has 0 saturated carbocycles. The zero-order valence-corrected chi connectivity index (χ0v) is 14.4. The molecule has 122 valence electrons.